The zero-order valence-electron chi connectivity index (χ0n) is 9.47. The van der Waals surface area contributed by atoms with Crippen LogP contribution in [0.4, 0.5) is 0 Å². The third kappa shape index (κ3) is 3.44. The first-order valence-corrected chi connectivity index (χ1v) is 5.25. The Morgan fingerprint density at radius 2 is 2.18 bits per heavy atom. The molecule has 0 saturated heterocycles. The molecule has 1 aromatic rings. The number of carbonyl (C=O) groups is 2. The van der Waals surface area contributed by atoms with Gasteiger partial charge in [-0.05, 0) is 19.1 Å². The molecule has 0 atom stereocenters. The molecule has 92 valence electrons. The zero-order chi connectivity index (χ0) is 12.8. The Labute approximate surface area is 97.9 Å². The fourth-order valence-electron chi connectivity index (χ4n) is 1.38. The Balaban J connectivity index is 2.79. The van der Waals surface area contributed by atoms with Crippen molar-refractivity contribution in [2.24, 2.45) is 0 Å². The molecule has 17 heavy (non-hydrogen) atoms. The molecule has 6 heteroatoms. The second kappa shape index (κ2) is 5.83. The number of carbonyl (C=O) groups excluding carboxylic acids is 1. The summed E-state index contributed by atoms with van der Waals surface area (Å²) in [7, 11) is 0. The van der Waals surface area contributed by atoms with Gasteiger partial charge in [0.15, 0.2) is 0 Å². The first-order chi connectivity index (χ1) is 8.06. The van der Waals surface area contributed by atoms with Crippen LogP contribution in [0.15, 0.2) is 23.1 Å². The molecule has 1 rings (SSSR count). The smallest absolute Gasteiger partial charge is 0.341 e. The summed E-state index contributed by atoms with van der Waals surface area (Å²) < 4.78 is 1.22. The topological polar surface area (TPSA) is 88.4 Å². The van der Waals surface area contributed by atoms with E-state index in [2.05, 4.69) is 5.32 Å². The minimum absolute atomic E-state index is 0.150. The Bertz CT molecular complexity index is 479. The van der Waals surface area contributed by atoms with E-state index in [-0.39, 0.29) is 24.4 Å². The van der Waals surface area contributed by atoms with Crippen LogP contribution in [0.5, 0.6) is 0 Å². The van der Waals surface area contributed by atoms with Crippen molar-refractivity contribution < 1.29 is 14.7 Å². The van der Waals surface area contributed by atoms with Gasteiger partial charge in [-0.1, -0.05) is 0 Å². The lowest BCUT2D eigenvalue weighted by atomic mass is 10.2. The van der Waals surface area contributed by atoms with Crippen molar-refractivity contribution in [1.29, 1.82) is 0 Å². The Kier molecular flexibility index (Phi) is 4.45. The van der Waals surface area contributed by atoms with E-state index in [1.54, 1.807) is 6.92 Å². The van der Waals surface area contributed by atoms with Crippen molar-refractivity contribution in [1.82, 2.24) is 9.88 Å². The minimum atomic E-state index is -1.26. The average molecular weight is 238 g/mol. The van der Waals surface area contributed by atoms with Crippen molar-refractivity contribution in [2.45, 2.75) is 19.9 Å². The number of nitrogens with one attached hydrogen (secondary N) is 1. The maximum Gasteiger partial charge on any atom is 0.341 e. The number of hydrogen-bond donors (Lipinski definition) is 2. The van der Waals surface area contributed by atoms with Crippen LogP contribution in [0.1, 0.15) is 23.7 Å². The second-order valence-corrected chi connectivity index (χ2v) is 3.43. The number of pyridine rings is 1. The summed E-state index contributed by atoms with van der Waals surface area (Å²) in [5.74, 6) is -1.43. The molecule has 1 amide bonds. The average Bonchev–Trinajstić information content (AvgIpc) is 2.27. The van der Waals surface area contributed by atoms with E-state index in [9.17, 15) is 14.4 Å². The number of aromatic carboxylic acids is 1. The monoisotopic (exact) mass is 238 g/mol. The van der Waals surface area contributed by atoms with Crippen LogP contribution in [-0.4, -0.2) is 28.1 Å². The fourth-order valence-corrected chi connectivity index (χ4v) is 1.38. The lowest BCUT2D eigenvalue weighted by Crippen LogP contribution is -2.29. The van der Waals surface area contributed by atoms with E-state index < -0.39 is 11.5 Å². The molecule has 0 aliphatic heterocycles. The molecular formula is C11H14N2O4. The third-order valence-electron chi connectivity index (χ3n) is 2.20. The van der Waals surface area contributed by atoms with Crippen LogP contribution >= 0.6 is 0 Å². The molecule has 0 saturated carbocycles. The van der Waals surface area contributed by atoms with E-state index in [1.165, 1.54) is 22.9 Å². The number of hydrogen-bond acceptors (Lipinski definition) is 3. The summed E-state index contributed by atoms with van der Waals surface area (Å²) in [6, 6.07) is 2.72. The van der Waals surface area contributed by atoms with E-state index >= 15 is 0 Å². The van der Waals surface area contributed by atoms with Crippen molar-refractivity contribution in [3.63, 3.8) is 0 Å². The molecule has 0 unspecified atom stereocenters. The Morgan fingerprint density at radius 1 is 1.47 bits per heavy atom. The molecule has 0 radical (unpaired) electrons. The molecule has 0 aromatic carbocycles. The Hall–Kier alpha value is -2.11. The number of amides is 1. The number of carboxylic acids is 1. The summed E-state index contributed by atoms with van der Waals surface area (Å²) in [6.45, 7) is 2.50. The lowest BCUT2D eigenvalue weighted by molar-refractivity contribution is -0.121. The largest absolute Gasteiger partial charge is 0.477 e. The fraction of sp³-hybridized carbons (Fsp3) is 0.364. The predicted molar refractivity (Wildman–Crippen MR) is 61.0 cm³/mol. The molecule has 2 N–H and O–H groups in total. The van der Waals surface area contributed by atoms with Crippen LogP contribution in [0.2, 0.25) is 0 Å². The normalized spacial score (nSPS) is 9.94. The molecule has 0 spiro atoms. The van der Waals surface area contributed by atoms with Crippen LogP contribution in [0, 0.1) is 0 Å². The quantitative estimate of drug-likeness (QED) is 0.760. The molecule has 1 aromatic heterocycles. The molecule has 0 aliphatic carbocycles. The maximum atomic E-state index is 11.6. The predicted octanol–water partition coefficient (Wildman–Crippen LogP) is 0.0727. The van der Waals surface area contributed by atoms with Gasteiger partial charge in [-0.3, -0.25) is 9.59 Å². The van der Waals surface area contributed by atoms with Gasteiger partial charge < -0.3 is 15.0 Å². The van der Waals surface area contributed by atoms with Gasteiger partial charge >= 0.3 is 5.97 Å². The Morgan fingerprint density at radius 3 is 2.76 bits per heavy atom. The summed E-state index contributed by atoms with van der Waals surface area (Å²) in [5, 5.41) is 11.4. The van der Waals surface area contributed by atoms with E-state index in [4.69, 9.17) is 5.11 Å². The van der Waals surface area contributed by atoms with Gasteiger partial charge in [0, 0.05) is 25.7 Å². The van der Waals surface area contributed by atoms with Crippen molar-refractivity contribution in [3.8, 4) is 0 Å². The molecule has 1 heterocycles. The van der Waals surface area contributed by atoms with Crippen LogP contribution in [0.3, 0.4) is 0 Å². The van der Waals surface area contributed by atoms with Crippen LogP contribution in [0.25, 0.3) is 0 Å². The summed E-state index contributed by atoms with van der Waals surface area (Å²) in [4.78, 5) is 33.6. The van der Waals surface area contributed by atoms with Crippen molar-refractivity contribution in [3.05, 3.63) is 34.2 Å². The molecule has 6 nitrogen and oxygen atoms in total. The number of nitrogens with zero attached hydrogens (tertiary/aromatic N) is 1. The highest BCUT2D eigenvalue weighted by molar-refractivity contribution is 5.87. The maximum absolute atomic E-state index is 11.6. The minimum Gasteiger partial charge on any atom is -0.477 e. The van der Waals surface area contributed by atoms with Gasteiger partial charge in [-0.25, -0.2) is 4.79 Å². The van der Waals surface area contributed by atoms with Crippen molar-refractivity contribution in [2.75, 3.05) is 6.54 Å². The molecule has 0 fully saturated rings. The first kappa shape index (κ1) is 13.0. The SMILES string of the molecule is CCNC(=O)CCn1cccc(C(=O)O)c1=O. The molecular weight excluding hydrogens is 224 g/mol. The number of carboxylic acid groups (broad SMARTS) is 1. The van der Waals surface area contributed by atoms with E-state index in [0.717, 1.165) is 0 Å². The molecule has 0 aliphatic rings. The number of aromatic nitrogens is 1. The highest BCUT2D eigenvalue weighted by Gasteiger charge is 2.10. The van der Waals surface area contributed by atoms with Crippen molar-refractivity contribution >= 4 is 11.9 Å². The van der Waals surface area contributed by atoms with Gasteiger partial charge in [0.25, 0.3) is 5.56 Å². The van der Waals surface area contributed by atoms with Gasteiger partial charge in [-0.15, -0.1) is 0 Å². The molecule has 0 bridgehead atoms. The zero-order valence-corrected chi connectivity index (χ0v) is 9.47. The standard InChI is InChI=1S/C11H14N2O4/c1-2-12-9(14)5-7-13-6-3-4-8(10(13)15)11(16)17/h3-4,6H,2,5,7H2,1H3,(H,12,14)(H,16,17). The van der Waals surface area contributed by atoms with E-state index in [1.807, 2.05) is 0 Å². The number of aryl methyl sites for hydroxylation is 1. The van der Waals surface area contributed by atoms with Gasteiger partial charge in [-0.2, -0.15) is 0 Å². The summed E-state index contributed by atoms with van der Waals surface area (Å²) in [6.07, 6.45) is 1.62. The second-order valence-electron chi connectivity index (χ2n) is 3.43. The third-order valence-corrected chi connectivity index (χ3v) is 2.20. The van der Waals surface area contributed by atoms with E-state index in [0.29, 0.717) is 6.54 Å². The highest BCUT2D eigenvalue weighted by Crippen LogP contribution is 1.94. The van der Waals surface area contributed by atoms with Gasteiger partial charge in [0.2, 0.25) is 5.91 Å². The highest BCUT2D eigenvalue weighted by atomic mass is 16.4. The van der Waals surface area contributed by atoms with Gasteiger partial charge in [0.05, 0.1) is 0 Å². The van der Waals surface area contributed by atoms with Crippen LogP contribution in [-0.2, 0) is 11.3 Å². The summed E-state index contributed by atoms with van der Waals surface area (Å²) in [5.41, 5.74) is -0.882. The number of rotatable bonds is 5. The summed E-state index contributed by atoms with van der Waals surface area (Å²) >= 11 is 0. The van der Waals surface area contributed by atoms with Crippen LogP contribution < -0.4 is 10.9 Å². The lowest BCUT2D eigenvalue weighted by Gasteiger charge is -2.06. The van der Waals surface area contributed by atoms with Gasteiger partial charge in [0.1, 0.15) is 5.56 Å². The first-order valence-electron chi connectivity index (χ1n) is 5.25.